The third-order valence-corrected chi connectivity index (χ3v) is 4.77. The smallest absolute Gasteiger partial charge is 0.225 e. The molecule has 0 radical (unpaired) electrons. The van der Waals surface area contributed by atoms with Crippen LogP contribution in [-0.2, 0) is 11.3 Å². The van der Waals surface area contributed by atoms with E-state index >= 15 is 0 Å². The van der Waals surface area contributed by atoms with Gasteiger partial charge in [0.1, 0.15) is 0 Å². The lowest BCUT2D eigenvalue weighted by molar-refractivity contribution is -0.134. The predicted molar refractivity (Wildman–Crippen MR) is 88.9 cm³/mol. The molecule has 1 amide bonds. The lowest BCUT2D eigenvalue weighted by Crippen LogP contribution is -2.45. The summed E-state index contributed by atoms with van der Waals surface area (Å²) in [4.78, 5) is 18.7. The average Bonchev–Trinajstić information content (AvgIpc) is 3.33. The summed E-state index contributed by atoms with van der Waals surface area (Å²) in [5.74, 6) is 1.39. The fourth-order valence-electron chi connectivity index (χ4n) is 3.46. The quantitative estimate of drug-likeness (QED) is 0.568. The molecule has 1 atom stereocenters. The maximum Gasteiger partial charge on any atom is 0.225 e. The molecule has 3 rings (SSSR count). The summed E-state index contributed by atoms with van der Waals surface area (Å²) in [5, 5.41) is 13.5. The number of nitrogens with zero attached hydrogens (tertiary/aromatic N) is 3. The van der Waals surface area contributed by atoms with E-state index in [0.29, 0.717) is 12.5 Å². The number of aromatic nitrogens is 2. The number of rotatable bonds is 4. The van der Waals surface area contributed by atoms with E-state index in [0.717, 1.165) is 44.0 Å². The van der Waals surface area contributed by atoms with Crippen LogP contribution in [0.5, 0.6) is 0 Å². The molecule has 1 aliphatic heterocycles. The number of hydrogen-bond donors (Lipinski definition) is 3. The molecule has 0 aromatic carbocycles. The van der Waals surface area contributed by atoms with Crippen molar-refractivity contribution in [2.45, 2.75) is 44.7 Å². The zero-order chi connectivity index (χ0) is 16.1. The molecule has 126 valence electrons. The lowest BCUT2D eigenvalue weighted by Gasteiger charge is -2.21. The van der Waals surface area contributed by atoms with Crippen molar-refractivity contribution in [3.8, 4) is 0 Å². The number of guanidine groups is 1. The van der Waals surface area contributed by atoms with E-state index in [1.54, 1.807) is 13.2 Å². The summed E-state index contributed by atoms with van der Waals surface area (Å²) in [6, 6.07) is 2.20. The molecular formula is C16H26N6O. The van der Waals surface area contributed by atoms with Crippen LogP contribution in [0.3, 0.4) is 0 Å². The lowest BCUT2D eigenvalue weighted by atomic mass is 10.1. The van der Waals surface area contributed by atoms with Gasteiger partial charge in [-0.05, 0) is 25.3 Å². The van der Waals surface area contributed by atoms with E-state index in [4.69, 9.17) is 0 Å². The van der Waals surface area contributed by atoms with Gasteiger partial charge in [-0.25, -0.2) is 0 Å². The van der Waals surface area contributed by atoms with Gasteiger partial charge in [0.25, 0.3) is 0 Å². The summed E-state index contributed by atoms with van der Waals surface area (Å²) in [5.41, 5.74) is 1.01. The number of aromatic amines is 1. The molecule has 23 heavy (non-hydrogen) atoms. The number of amides is 1. The van der Waals surface area contributed by atoms with Gasteiger partial charge in [-0.2, -0.15) is 5.10 Å². The standard InChI is InChI=1S/C16H26N6O/c1-17-16(18-10-13-6-8-19-21-13)20-14-7-9-22(11-14)15(23)12-4-2-3-5-12/h6,8,12,14H,2-5,7,9-11H2,1H3,(H,19,21)(H2,17,18,20). The Kier molecular flexibility index (Phi) is 5.15. The highest BCUT2D eigenvalue weighted by molar-refractivity contribution is 5.81. The van der Waals surface area contributed by atoms with Crippen molar-refractivity contribution < 1.29 is 4.79 Å². The van der Waals surface area contributed by atoms with Crippen LogP contribution >= 0.6 is 0 Å². The minimum Gasteiger partial charge on any atom is -0.352 e. The molecule has 3 N–H and O–H groups in total. The topological polar surface area (TPSA) is 85.4 Å². The Morgan fingerprint density at radius 1 is 1.43 bits per heavy atom. The fraction of sp³-hybridized carbons (Fsp3) is 0.688. The summed E-state index contributed by atoms with van der Waals surface area (Å²) in [7, 11) is 1.76. The van der Waals surface area contributed by atoms with Gasteiger partial charge in [0, 0.05) is 38.3 Å². The molecule has 7 heteroatoms. The first-order valence-corrected chi connectivity index (χ1v) is 8.50. The van der Waals surface area contributed by atoms with Crippen molar-refractivity contribution in [2.24, 2.45) is 10.9 Å². The molecule has 1 aromatic rings. The van der Waals surface area contributed by atoms with Crippen molar-refractivity contribution in [2.75, 3.05) is 20.1 Å². The summed E-state index contributed by atoms with van der Waals surface area (Å²) in [6.07, 6.45) is 7.26. The van der Waals surface area contributed by atoms with Gasteiger partial charge in [0.15, 0.2) is 5.96 Å². The van der Waals surface area contributed by atoms with Crippen LogP contribution in [0.4, 0.5) is 0 Å². The first kappa shape index (κ1) is 15.8. The molecule has 1 saturated heterocycles. The minimum atomic E-state index is 0.270. The van der Waals surface area contributed by atoms with Crippen LogP contribution < -0.4 is 10.6 Å². The van der Waals surface area contributed by atoms with Crippen LogP contribution in [0.1, 0.15) is 37.8 Å². The third-order valence-electron chi connectivity index (χ3n) is 4.77. The monoisotopic (exact) mass is 318 g/mol. The van der Waals surface area contributed by atoms with Gasteiger partial charge < -0.3 is 15.5 Å². The molecule has 7 nitrogen and oxygen atoms in total. The molecule has 1 unspecified atom stereocenters. The Morgan fingerprint density at radius 3 is 2.96 bits per heavy atom. The normalized spacial score (nSPS) is 22.6. The van der Waals surface area contributed by atoms with Gasteiger partial charge in [-0.15, -0.1) is 0 Å². The van der Waals surface area contributed by atoms with Gasteiger partial charge in [0.05, 0.1) is 12.2 Å². The highest BCUT2D eigenvalue weighted by Crippen LogP contribution is 2.27. The largest absolute Gasteiger partial charge is 0.352 e. The molecule has 1 aromatic heterocycles. The van der Waals surface area contributed by atoms with Gasteiger partial charge in [-0.3, -0.25) is 14.9 Å². The predicted octanol–water partition coefficient (Wildman–Crippen LogP) is 0.866. The van der Waals surface area contributed by atoms with Crippen LogP contribution in [0, 0.1) is 5.92 Å². The van der Waals surface area contributed by atoms with E-state index in [9.17, 15) is 4.79 Å². The number of likely N-dealkylation sites (tertiary alicyclic amines) is 1. The molecule has 2 fully saturated rings. The van der Waals surface area contributed by atoms with Gasteiger partial charge in [-0.1, -0.05) is 12.8 Å². The van der Waals surface area contributed by atoms with E-state index in [1.165, 1.54) is 12.8 Å². The SMILES string of the molecule is CN=C(NCc1ccn[nH]1)NC1CCN(C(=O)C2CCCC2)C1. The van der Waals surface area contributed by atoms with Crippen molar-refractivity contribution in [1.82, 2.24) is 25.7 Å². The minimum absolute atomic E-state index is 0.270. The number of carbonyl (C=O) groups is 1. The summed E-state index contributed by atoms with van der Waals surface area (Å²) < 4.78 is 0. The van der Waals surface area contributed by atoms with Gasteiger partial charge >= 0.3 is 0 Å². The molecule has 2 heterocycles. The second kappa shape index (κ2) is 7.48. The second-order valence-corrected chi connectivity index (χ2v) is 6.40. The Bertz CT molecular complexity index is 535. The number of carbonyl (C=O) groups excluding carboxylic acids is 1. The van der Waals surface area contributed by atoms with Crippen molar-refractivity contribution in [1.29, 1.82) is 0 Å². The number of hydrogen-bond acceptors (Lipinski definition) is 3. The molecule has 1 saturated carbocycles. The average molecular weight is 318 g/mol. The molecule has 0 bridgehead atoms. The van der Waals surface area contributed by atoms with E-state index in [1.807, 2.05) is 11.0 Å². The third kappa shape index (κ3) is 4.03. The zero-order valence-electron chi connectivity index (χ0n) is 13.7. The zero-order valence-corrected chi connectivity index (χ0v) is 13.7. The Hall–Kier alpha value is -2.05. The van der Waals surface area contributed by atoms with E-state index in [-0.39, 0.29) is 12.0 Å². The highest BCUT2D eigenvalue weighted by Gasteiger charge is 2.32. The van der Waals surface area contributed by atoms with Crippen molar-refractivity contribution in [3.05, 3.63) is 18.0 Å². The van der Waals surface area contributed by atoms with E-state index in [2.05, 4.69) is 25.8 Å². The Balaban J connectivity index is 1.45. The molecule has 0 spiro atoms. The number of H-pyrrole nitrogens is 1. The summed E-state index contributed by atoms with van der Waals surface area (Å²) in [6.45, 7) is 2.28. The summed E-state index contributed by atoms with van der Waals surface area (Å²) >= 11 is 0. The second-order valence-electron chi connectivity index (χ2n) is 6.40. The van der Waals surface area contributed by atoms with Crippen LogP contribution in [0.2, 0.25) is 0 Å². The van der Waals surface area contributed by atoms with Gasteiger partial charge in [0.2, 0.25) is 5.91 Å². The highest BCUT2D eigenvalue weighted by atomic mass is 16.2. The Labute approximate surface area is 136 Å². The van der Waals surface area contributed by atoms with Crippen molar-refractivity contribution in [3.63, 3.8) is 0 Å². The molecule has 1 aliphatic carbocycles. The van der Waals surface area contributed by atoms with Crippen molar-refractivity contribution >= 4 is 11.9 Å². The maximum absolute atomic E-state index is 12.5. The van der Waals surface area contributed by atoms with Crippen LogP contribution in [-0.4, -0.2) is 53.1 Å². The number of nitrogens with one attached hydrogen (secondary N) is 3. The molecule has 2 aliphatic rings. The van der Waals surface area contributed by atoms with Crippen LogP contribution in [0.15, 0.2) is 17.3 Å². The maximum atomic E-state index is 12.5. The first-order chi connectivity index (χ1) is 11.3. The first-order valence-electron chi connectivity index (χ1n) is 8.50. The Morgan fingerprint density at radius 2 is 2.26 bits per heavy atom. The number of aliphatic imine (C=N–C) groups is 1. The molecular weight excluding hydrogens is 292 g/mol. The van der Waals surface area contributed by atoms with E-state index < -0.39 is 0 Å². The van der Waals surface area contributed by atoms with Crippen LogP contribution in [0.25, 0.3) is 0 Å². The fourth-order valence-corrected chi connectivity index (χ4v) is 3.46.